The van der Waals surface area contributed by atoms with Crippen LogP contribution in [0, 0.1) is 0 Å². The first-order chi connectivity index (χ1) is 7.15. The summed E-state index contributed by atoms with van der Waals surface area (Å²) in [5.41, 5.74) is 1.99. The molecule has 1 N–H and O–H groups in total. The Morgan fingerprint density at radius 1 is 1.53 bits per heavy atom. The Bertz CT molecular complexity index is 348. The first kappa shape index (κ1) is 12.4. The van der Waals surface area contributed by atoms with Gasteiger partial charge in [0.05, 0.1) is 11.1 Å². The van der Waals surface area contributed by atoms with Crippen LogP contribution in [-0.2, 0) is 0 Å². The number of aliphatic hydroxyl groups excluding tert-OH is 1. The van der Waals surface area contributed by atoms with E-state index in [2.05, 4.69) is 0 Å². The van der Waals surface area contributed by atoms with E-state index in [9.17, 15) is 5.11 Å². The predicted molar refractivity (Wildman–Crippen MR) is 62.4 cm³/mol. The van der Waals surface area contributed by atoms with Crippen LogP contribution in [0.15, 0.2) is 34.8 Å². The lowest BCUT2D eigenvalue weighted by Crippen LogP contribution is -2.01. The standard InChI is InChI=1S/C11H12Cl2O2/c1-8(14)10-4-2-3-5-11(10)15-7-9(13)6-12/h2-6,8,14H,7H2,1H3/t8-/m0/s1. The molecule has 0 bridgehead atoms. The van der Waals surface area contributed by atoms with E-state index in [0.717, 1.165) is 5.56 Å². The van der Waals surface area contributed by atoms with Gasteiger partial charge < -0.3 is 9.84 Å². The fourth-order valence-electron chi connectivity index (χ4n) is 1.14. The average Bonchev–Trinajstić information content (AvgIpc) is 2.26. The molecule has 0 heterocycles. The number of ether oxygens (including phenoxy) is 1. The van der Waals surface area contributed by atoms with Crippen LogP contribution in [0.5, 0.6) is 5.75 Å². The highest BCUT2D eigenvalue weighted by atomic mass is 35.5. The van der Waals surface area contributed by atoms with Crippen molar-refractivity contribution < 1.29 is 9.84 Å². The van der Waals surface area contributed by atoms with Crippen LogP contribution in [0.4, 0.5) is 0 Å². The molecule has 2 nitrogen and oxygen atoms in total. The molecule has 0 aliphatic heterocycles. The molecule has 1 rings (SSSR count). The summed E-state index contributed by atoms with van der Waals surface area (Å²) in [7, 11) is 0. The molecule has 0 amide bonds. The van der Waals surface area contributed by atoms with Crippen molar-refractivity contribution in [3.63, 3.8) is 0 Å². The SMILES string of the molecule is C[C@H](O)c1ccccc1OCC(Cl)=CCl. The Labute approximate surface area is 99.1 Å². The Hall–Kier alpha value is -0.700. The molecule has 1 atom stereocenters. The summed E-state index contributed by atoms with van der Waals surface area (Å²) in [6.45, 7) is 1.88. The van der Waals surface area contributed by atoms with Crippen molar-refractivity contribution in [3.8, 4) is 5.75 Å². The lowest BCUT2D eigenvalue weighted by Gasteiger charge is -2.12. The molecule has 0 aliphatic rings. The minimum absolute atomic E-state index is 0.203. The smallest absolute Gasteiger partial charge is 0.125 e. The minimum Gasteiger partial charge on any atom is -0.488 e. The van der Waals surface area contributed by atoms with Crippen LogP contribution >= 0.6 is 23.2 Å². The van der Waals surface area contributed by atoms with E-state index >= 15 is 0 Å². The topological polar surface area (TPSA) is 29.5 Å². The summed E-state index contributed by atoms with van der Waals surface area (Å²) in [5.74, 6) is 0.615. The number of aliphatic hydroxyl groups is 1. The molecule has 0 saturated heterocycles. The van der Waals surface area contributed by atoms with E-state index in [4.69, 9.17) is 27.9 Å². The third-order valence-electron chi connectivity index (χ3n) is 1.85. The van der Waals surface area contributed by atoms with Gasteiger partial charge in [0.2, 0.25) is 0 Å². The summed E-state index contributed by atoms with van der Waals surface area (Å²) >= 11 is 11.1. The van der Waals surface area contributed by atoms with Gasteiger partial charge in [-0.25, -0.2) is 0 Å². The zero-order valence-corrected chi connectivity index (χ0v) is 9.79. The van der Waals surface area contributed by atoms with Gasteiger partial charge in [-0.2, -0.15) is 0 Å². The van der Waals surface area contributed by atoms with Gasteiger partial charge in [-0.1, -0.05) is 41.4 Å². The first-order valence-electron chi connectivity index (χ1n) is 4.49. The van der Waals surface area contributed by atoms with E-state index in [1.54, 1.807) is 19.1 Å². The zero-order valence-electron chi connectivity index (χ0n) is 8.28. The second-order valence-electron chi connectivity index (χ2n) is 3.06. The Kier molecular flexibility index (Phi) is 4.95. The highest BCUT2D eigenvalue weighted by Crippen LogP contribution is 2.25. The van der Waals surface area contributed by atoms with Gasteiger partial charge in [-0.3, -0.25) is 0 Å². The van der Waals surface area contributed by atoms with Gasteiger partial charge in [0.1, 0.15) is 12.4 Å². The monoisotopic (exact) mass is 246 g/mol. The van der Waals surface area contributed by atoms with E-state index in [0.29, 0.717) is 10.8 Å². The van der Waals surface area contributed by atoms with Crippen LogP contribution in [0.2, 0.25) is 0 Å². The molecule has 82 valence electrons. The summed E-state index contributed by atoms with van der Waals surface area (Å²) in [4.78, 5) is 0. The van der Waals surface area contributed by atoms with Crippen molar-refractivity contribution in [1.82, 2.24) is 0 Å². The molecule has 4 heteroatoms. The third-order valence-corrected chi connectivity index (χ3v) is 2.45. The number of rotatable bonds is 4. The molecule has 0 spiro atoms. The average molecular weight is 247 g/mol. The number of hydrogen-bond acceptors (Lipinski definition) is 2. The van der Waals surface area contributed by atoms with Gasteiger partial charge in [-0.15, -0.1) is 0 Å². The fourth-order valence-corrected chi connectivity index (χ4v) is 1.25. The normalized spacial score (nSPS) is 13.7. The summed E-state index contributed by atoms with van der Waals surface area (Å²) in [5, 5.41) is 9.89. The van der Waals surface area contributed by atoms with E-state index < -0.39 is 6.10 Å². The van der Waals surface area contributed by atoms with Crippen molar-refractivity contribution >= 4 is 23.2 Å². The van der Waals surface area contributed by atoms with Gasteiger partial charge in [0, 0.05) is 11.1 Å². The van der Waals surface area contributed by atoms with Crippen molar-refractivity contribution in [1.29, 1.82) is 0 Å². The predicted octanol–water partition coefficient (Wildman–Crippen LogP) is 3.44. The molecule has 0 saturated carbocycles. The fraction of sp³-hybridized carbons (Fsp3) is 0.273. The number of para-hydroxylation sites is 1. The van der Waals surface area contributed by atoms with E-state index in [1.807, 2.05) is 12.1 Å². The molecule has 1 aromatic rings. The maximum atomic E-state index is 9.47. The van der Waals surface area contributed by atoms with Gasteiger partial charge in [-0.05, 0) is 13.0 Å². The number of hydrogen-bond donors (Lipinski definition) is 1. The second-order valence-corrected chi connectivity index (χ2v) is 3.76. The van der Waals surface area contributed by atoms with Crippen molar-refractivity contribution in [2.45, 2.75) is 13.0 Å². The Morgan fingerprint density at radius 2 is 2.20 bits per heavy atom. The minimum atomic E-state index is -0.569. The van der Waals surface area contributed by atoms with Crippen molar-refractivity contribution in [2.75, 3.05) is 6.61 Å². The van der Waals surface area contributed by atoms with Crippen LogP contribution in [0.3, 0.4) is 0 Å². The molecule has 0 aromatic heterocycles. The quantitative estimate of drug-likeness (QED) is 0.883. The Balaban J connectivity index is 2.76. The molecule has 0 radical (unpaired) electrons. The van der Waals surface area contributed by atoms with Crippen LogP contribution in [0.25, 0.3) is 0 Å². The lowest BCUT2D eigenvalue weighted by molar-refractivity contribution is 0.193. The summed E-state index contributed by atoms with van der Waals surface area (Å²) in [6.07, 6.45) is -0.569. The van der Waals surface area contributed by atoms with Crippen LogP contribution < -0.4 is 4.74 Å². The first-order valence-corrected chi connectivity index (χ1v) is 5.31. The largest absolute Gasteiger partial charge is 0.488 e. The molecular formula is C11H12Cl2O2. The van der Waals surface area contributed by atoms with Crippen LogP contribution in [-0.4, -0.2) is 11.7 Å². The maximum Gasteiger partial charge on any atom is 0.125 e. The summed E-state index contributed by atoms with van der Waals surface area (Å²) in [6, 6.07) is 7.26. The summed E-state index contributed by atoms with van der Waals surface area (Å²) < 4.78 is 5.41. The van der Waals surface area contributed by atoms with Gasteiger partial charge >= 0.3 is 0 Å². The number of halogens is 2. The van der Waals surface area contributed by atoms with Crippen LogP contribution in [0.1, 0.15) is 18.6 Å². The van der Waals surface area contributed by atoms with Crippen molar-refractivity contribution in [3.05, 3.63) is 40.4 Å². The maximum absolute atomic E-state index is 9.47. The molecule has 0 unspecified atom stereocenters. The molecule has 1 aromatic carbocycles. The Morgan fingerprint density at radius 3 is 2.80 bits per heavy atom. The van der Waals surface area contributed by atoms with Gasteiger partial charge in [0.25, 0.3) is 0 Å². The highest BCUT2D eigenvalue weighted by molar-refractivity contribution is 6.36. The zero-order chi connectivity index (χ0) is 11.3. The van der Waals surface area contributed by atoms with Crippen molar-refractivity contribution in [2.24, 2.45) is 0 Å². The molecular weight excluding hydrogens is 235 g/mol. The lowest BCUT2D eigenvalue weighted by atomic mass is 10.1. The second kappa shape index (κ2) is 6.01. The molecule has 15 heavy (non-hydrogen) atoms. The van der Waals surface area contributed by atoms with Gasteiger partial charge in [0.15, 0.2) is 0 Å². The van der Waals surface area contributed by atoms with E-state index in [1.165, 1.54) is 5.54 Å². The highest BCUT2D eigenvalue weighted by Gasteiger charge is 2.08. The molecule has 0 aliphatic carbocycles. The molecule has 0 fully saturated rings. The number of benzene rings is 1. The third kappa shape index (κ3) is 3.74. The van der Waals surface area contributed by atoms with E-state index in [-0.39, 0.29) is 6.61 Å².